The van der Waals surface area contributed by atoms with Gasteiger partial charge < -0.3 is 9.84 Å². The number of hydrogen-bond donors (Lipinski definition) is 1. The van der Waals surface area contributed by atoms with Crippen molar-refractivity contribution in [3.05, 3.63) is 34.9 Å². The number of carbonyl (C=O) groups excluding carboxylic acids is 1. The zero-order chi connectivity index (χ0) is 12.6. The molecule has 0 heterocycles. The summed E-state index contributed by atoms with van der Waals surface area (Å²) >= 11 is 15.3. The summed E-state index contributed by atoms with van der Waals surface area (Å²) < 4.78 is 4.37. The molecule has 1 rings (SSSR count). The fourth-order valence-corrected chi connectivity index (χ4v) is 1.17. The van der Waals surface area contributed by atoms with Crippen molar-refractivity contribution < 1.29 is 14.6 Å². The van der Waals surface area contributed by atoms with Crippen LogP contribution in [-0.4, -0.2) is 23.5 Å². The van der Waals surface area contributed by atoms with E-state index in [0.29, 0.717) is 10.6 Å². The van der Waals surface area contributed by atoms with Gasteiger partial charge in [-0.15, -0.1) is 23.2 Å². The van der Waals surface area contributed by atoms with Crippen LogP contribution < -0.4 is 0 Å². The van der Waals surface area contributed by atoms with Crippen molar-refractivity contribution in [2.75, 3.05) is 12.4 Å². The summed E-state index contributed by atoms with van der Waals surface area (Å²) in [5, 5.41) is 9.95. The molecule has 0 spiro atoms. The van der Waals surface area contributed by atoms with Crippen molar-refractivity contribution in [2.45, 2.75) is 6.10 Å². The van der Waals surface area contributed by atoms with Crippen LogP contribution in [0, 0.1) is 0 Å². The van der Waals surface area contributed by atoms with Gasteiger partial charge in [0.05, 0.1) is 12.4 Å². The molecule has 1 N–H and O–H groups in total. The molecule has 0 radical (unpaired) electrons. The van der Waals surface area contributed by atoms with E-state index in [1.807, 2.05) is 0 Å². The normalized spacial score (nSPS) is 11.1. The number of hydrogen-bond acceptors (Lipinski definition) is 3. The van der Waals surface area contributed by atoms with Crippen LogP contribution in [-0.2, 0) is 9.53 Å². The summed E-state index contributed by atoms with van der Waals surface area (Å²) in [7, 11) is 1.21. The van der Waals surface area contributed by atoms with E-state index < -0.39 is 12.1 Å². The van der Waals surface area contributed by atoms with Crippen LogP contribution in [0.2, 0.25) is 5.02 Å². The molecule has 0 amide bonds. The number of alkyl halides is 2. The lowest BCUT2D eigenvalue weighted by Crippen LogP contribution is -2.13. The highest BCUT2D eigenvalue weighted by Crippen LogP contribution is 2.22. The lowest BCUT2D eigenvalue weighted by molar-refractivity contribution is -0.150. The van der Waals surface area contributed by atoms with Crippen molar-refractivity contribution in [3.8, 4) is 0 Å². The first-order valence-corrected chi connectivity index (χ1v) is 5.65. The summed E-state index contributed by atoms with van der Waals surface area (Å²) in [4.78, 5) is 10.9. The van der Waals surface area contributed by atoms with E-state index in [2.05, 4.69) is 4.74 Å². The highest BCUT2D eigenvalue weighted by atomic mass is 35.5. The maximum absolute atomic E-state index is 10.9. The Balaban J connectivity index is 0.000000673. The number of halogens is 3. The number of esters is 1. The Labute approximate surface area is 109 Å². The van der Waals surface area contributed by atoms with E-state index in [-0.39, 0.29) is 5.34 Å². The van der Waals surface area contributed by atoms with Gasteiger partial charge in [0.15, 0.2) is 6.10 Å². The number of rotatable bonds is 2. The first kappa shape index (κ1) is 15.5. The second-order valence-corrected chi connectivity index (χ2v) is 3.76. The Morgan fingerprint density at radius 1 is 1.44 bits per heavy atom. The Bertz CT molecular complexity index is 331. The van der Waals surface area contributed by atoms with Crippen molar-refractivity contribution in [1.82, 2.24) is 0 Å². The third-order valence-corrected chi connectivity index (χ3v) is 1.97. The summed E-state index contributed by atoms with van der Waals surface area (Å²) in [5.74, 6) is -0.715. The predicted octanol–water partition coefficient (Wildman–Crippen LogP) is 2.97. The molecule has 0 aliphatic carbocycles. The van der Waals surface area contributed by atoms with Crippen LogP contribution in [0.5, 0.6) is 0 Å². The molecule has 1 unspecified atom stereocenters. The molecular formula is C10H11Cl3O3. The predicted molar refractivity (Wildman–Crippen MR) is 65.0 cm³/mol. The molecule has 0 saturated carbocycles. The number of benzene rings is 1. The second-order valence-electron chi connectivity index (χ2n) is 2.55. The van der Waals surface area contributed by atoms with Gasteiger partial charge in [-0.05, 0) is 6.07 Å². The fourth-order valence-electron chi connectivity index (χ4n) is 0.935. The van der Waals surface area contributed by atoms with Gasteiger partial charge >= 0.3 is 5.97 Å². The van der Waals surface area contributed by atoms with Crippen molar-refractivity contribution in [3.63, 3.8) is 0 Å². The molecule has 0 fully saturated rings. The van der Waals surface area contributed by atoms with Gasteiger partial charge in [0.1, 0.15) is 0 Å². The molecule has 0 bridgehead atoms. The van der Waals surface area contributed by atoms with Gasteiger partial charge in [-0.2, -0.15) is 0 Å². The Hall–Kier alpha value is -0.480. The smallest absolute Gasteiger partial charge is 0.339 e. The highest BCUT2D eigenvalue weighted by Gasteiger charge is 2.19. The largest absolute Gasteiger partial charge is 0.467 e. The molecule has 90 valence electrons. The maximum atomic E-state index is 10.9. The maximum Gasteiger partial charge on any atom is 0.339 e. The molecule has 0 aliphatic heterocycles. The molecule has 0 aromatic heterocycles. The fraction of sp³-hybridized carbons (Fsp3) is 0.300. The third kappa shape index (κ3) is 5.03. The van der Waals surface area contributed by atoms with Gasteiger partial charge in [0.2, 0.25) is 0 Å². The van der Waals surface area contributed by atoms with Crippen LogP contribution in [0.3, 0.4) is 0 Å². The van der Waals surface area contributed by atoms with E-state index in [9.17, 15) is 9.90 Å². The quantitative estimate of drug-likeness (QED) is 0.671. The Morgan fingerprint density at radius 2 is 1.94 bits per heavy atom. The lowest BCUT2D eigenvalue weighted by atomic mass is 10.1. The first-order chi connectivity index (χ1) is 7.58. The van der Waals surface area contributed by atoms with E-state index in [1.54, 1.807) is 24.3 Å². The second kappa shape index (κ2) is 8.65. The Morgan fingerprint density at radius 3 is 2.38 bits per heavy atom. The van der Waals surface area contributed by atoms with Crippen molar-refractivity contribution in [1.29, 1.82) is 0 Å². The van der Waals surface area contributed by atoms with Gasteiger partial charge in [0, 0.05) is 10.6 Å². The number of ether oxygens (including phenoxy) is 1. The summed E-state index contributed by atoms with van der Waals surface area (Å²) in [6.07, 6.45) is -1.31. The minimum absolute atomic E-state index is 0.194. The van der Waals surface area contributed by atoms with Crippen molar-refractivity contribution >= 4 is 40.8 Å². The number of carbonyl (C=O) groups is 1. The average Bonchev–Trinajstić information content (AvgIpc) is 2.29. The summed E-state index contributed by atoms with van der Waals surface area (Å²) in [6, 6.07) is 6.58. The van der Waals surface area contributed by atoms with Crippen LogP contribution >= 0.6 is 34.8 Å². The van der Waals surface area contributed by atoms with Crippen LogP contribution in [0.4, 0.5) is 0 Å². The highest BCUT2D eigenvalue weighted by molar-refractivity contribution is 6.40. The number of aliphatic hydroxyl groups is 1. The zero-order valence-corrected chi connectivity index (χ0v) is 10.8. The monoisotopic (exact) mass is 284 g/mol. The first-order valence-electron chi connectivity index (χ1n) is 4.20. The number of methoxy groups -OCH3 is 1. The van der Waals surface area contributed by atoms with E-state index in [0.717, 1.165) is 0 Å². The summed E-state index contributed by atoms with van der Waals surface area (Å²) in [5.41, 5.74) is 0.357. The topological polar surface area (TPSA) is 46.5 Å². The minimum atomic E-state index is -1.31. The third-order valence-electron chi connectivity index (χ3n) is 1.62. The molecule has 16 heavy (non-hydrogen) atoms. The molecular weight excluding hydrogens is 274 g/mol. The number of aliphatic hydroxyl groups excluding tert-OH is 1. The van der Waals surface area contributed by atoms with Gasteiger partial charge in [0.25, 0.3) is 0 Å². The molecule has 0 saturated heterocycles. The van der Waals surface area contributed by atoms with E-state index in [1.165, 1.54) is 7.11 Å². The lowest BCUT2D eigenvalue weighted by Gasteiger charge is -2.09. The Kier molecular flexibility index (Phi) is 8.39. The average molecular weight is 286 g/mol. The van der Waals surface area contributed by atoms with E-state index in [4.69, 9.17) is 34.8 Å². The molecule has 1 aromatic rings. The standard InChI is InChI=1S/C9H9ClO3.CH2Cl2/c1-13-9(12)8(11)6-4-2-3-5-7(6)10;2-1-3/h2-5,8,11H,1H3;1H2. The SMILES string of the molecule is COC(=O)C(O)c1ccccc1Cl.ClCCl. The van der Waals surface area contributed by atoms with Crippen molar-refractivity contribution in [2.24, 2.45) is 0 Å². The van der Waals surface area contributed by atoms with Crippen LogP contribution in [0.25, 0.3) is 0 Å². The zero-order valence-electron chi connectivity index (χ0n) is 8.49. The summed E-state index contributed by atoms with van der Waals surface area (Å²) in [6.45, 7) is 0. The molecule has 3 nitrogen and oxygen atoms in total. The van der Waals surface area contributed by atoms with Crippen LogP contribution in [0.1, 0.15) is 11.7 Å². The van der Waals surface area contributed by atoms with Gasteiger partial charge in [-0.3, -0.25) is 0 Å². The molecule has 1 atom stereocenters. The molecule has 0 aliphatic rings. The molecule has 6 heteroatoms. The minimum Gasteiger partial charge on any atom is -0.467 e. The van der Waals surface area contributed by atoms with E-state index >= 15 is 0 Å². The molecule has 1 aromatic carbocycles. The van der Waals surface area contributed by atoms with Gasteiger partial charge in [-0.25, -0.2) is 4.79 Å². The van der Waals surface area contributed by atoms with Gasteiger partial charge in [-0.1, -0.05) is 29.8 Å². The van der Waals surface area contributed by atoms with Crippen LogP contribution in [0.15, 0.2) is 24.3 Å².